The molecule has 2 aromatic heterocycles. The highest BCUT2D eigenvalue weighted by molar-refractivity contribution is 6.30. The lowest BCUT2D eigenvalue weighted by Gasteiger charge is -2.06. The number of benzene rings is 1. The molecule has 0 aliphatic carbocycles. The zero-order chi connectivity index (χ0) is 15.7. The zero-order valence-corrected chi connectivity index (χ0v) is 12.7. The van der Waals surface area contributed by atoms with Crippen LogP contribution in [0, 0.1) is 6.92 Å². The Morgan fingerprint density at radius 1 is 1.32 bits per heavy atom. The Morgan fingerprint density at radius 2 is 2.05 bits per heavy atom. The molecule has 0 aliphatic heterocycles. The number of imidazole rings is 1. The Labute approximate surface area is 132 Å². The van der Waals surface area contributed by atoms with Gasteiger partial charge in [0.2, 0.25) is 0 Å². The van der Waals surface area contributed by atoms with Gasteiger partial charge in [-0.1, -0.05) is 23.7 Å². The number of halogens is 1. The van der Waals surface area contributed by atoms with E-state index >= 15 is 0 Å². The minimum atomic E-state index is -0.918. The van der Waals surface area contributed by atoms with Crippen molar-refractivity contribution in [3.63, 3.8) is 0 Å². The molecule has 0 amide bonds. The van der Waals surface area contributed by atoms with Crippen molar-refractivity contribution < 1.29 is 9.90 Å². The van der Waals surface area contributed by atoms with Crippen LogP contribution in [-0.4, -0.2) is 25.6 Å². The van der Waals surface area contributed by atoms with Gasteiger partial charge in [0.15, 0.2) is 5.65 Å². The number of carboxylic acid groups (broad SMARTS) is 1. The van der Waals surface area contributed by atoms with E-state index in [9.17, 15) is 4.79 Å². The van der Waals surface area contributed by atoms with E-state index in [0.717, 1.165) is 11.1 Å². The van der Waals surface area contributed by atoms with Crippen LogP contribution in [0.1, 0.15) is 17.0 Å². The third-order valence-corrected chi connectivity index (χ3v) is 3.62. The van der Waals surface area contributed by atoms with Gasteiger partial charge in [-0.05, 0) is 36.2 Å². The predicted octanol–water partition coefficient (Wildman–Crippen LogP) is 3.07. The summed E-state index contributed by atoms with van der Waals surface area (Å²) in [7, 11) is 0. The Balaban J connectivity index is 2.06. The van der Waals surface area contributed by atoms with Crippen molar-refractivity contribution >= 4 is 28.7 Å². The summed E-state index contributed by atoms with van der Waals surface area (Å²) in [5.41, 5.74) is 3.32. The Morgan fingerprint density at radius 3 is 2.73 bits per heavy atom. The standard InChI is InChI=1S/C16H14ClN3O2/c1-10-6-13-16(18-8-10)20(9-15(21)22)14(19-13)7-11-2-4-12(17)5-3-11/h2-6,8H,7,9H2,1H3,(H,21,22). The zero-order valence-electron chi connectivity index (χ0n) is 12.0. The molecule has 0 bridgehead atoms. The first kappa shape index (κ1) is 14.5. The molecule has 1 aromatic carbocycles. The van der Waals surface area contributed by atoms with Crippen molar-refractivity contribution in [2.45, 2.75) is 19.9 Å². The molecule has 0 aliphatic rings. The fourth-order valence-corrected chi connectivity index (χ4v) is 2.51. The van der Waals surface area contributed by atoms with Gasteiger partial charge in [0.1, 0.15) is 17.9 Å². The van der Waals surface area contributed by atoms with Crippen LogP contribution in [0.15, 0.2) is 36.5 Å². The average Bonchev–Trinajstić information content (AvgIpc) is 2.78. The number of carbonyl (C=O) groups is 1. The van der Waals surface area contributed by atoms with Crippen LogP contribution < -0.4 is 0 Å². The van der Waals surface area contributed by atoms with Crippen LogP contribution in [0.4, 0.5) is 0 Å². The monoisotopic (exact) mass is 315 g/mol. The van der Waals surface area contributed by atoms with Gasteiger partial charge in [-0.25, -0.2) is 9.97 Å². The maximum absolute atomic E-state index is 11.1. The number of fused-ring (bicyclic) bond motifs is 1. The highest BCUT2D eigenvalue weighted by Crippen LogP contribution is 2.19. The number of rotatable bonds is 4. The van der Waals surface area contributed by atoms with Crippen molar-refractivity contribution in [3.05, 3.63) is 58.5 Å². The number of hydrogen-bond donors (Lipinski definition) is 1. The molecule has 3 rings (SSSR count). The molecular weight excluding hydrogens is 302 g/mol. The van der Waals surface area contributed by atoms with E-state index in [2.05, 4.69) is 9.97 Å². The van der Waals surface area contributed by atoms with E-state index in [-0.39, 0.29) is 6.54 Å². The van der Waals surface area contributed by atoms with Gasteiger partial charge < -0.3 is 9.67 Å². The first-order valence-electron chi connectivity index (χ1n) is 6.81. The molecule has 22 heavy (non-hydrogen) atoms. The summed E-state index contributed by atoms with van der Waals surface area (Å²) in [4.78, 5) is 20.0. The lowest BCUT2D eigenvalue weighted by Crippen LogP contribution is -2.12. The molecule has 0 fully saturated rings. The number of hydrogen-bond acceptors (Lipinski definition) is 3. The second kappa shape index (κ2) is 5.77. The lowest BCUT2D eigenvalue weighted by molar-refractivity contribution is -0.137. The number of aryl methyl sites for hydroxylation is 1. The highest BCUT2D eigenvalue weighted by Gasteiger charge is 2.15. The topological polar surface area (TPSA) is 68.0 Å². The van der Waals surface area contributed by atoms with E-state index in [1.54, 1.807) is 10.8 Å². The number of aliphatic carboxylic acids is 1. The van der Waals surface area contributed by atoms with Crippen molar-refractivity contribution in [1.82, 2.24) is 14.5 Å². The number of nitrogens with zero attached hydrogens (tertiary/aromatic N) is 3. The van der Waals surface area contributed by atoms with Gasteiger partial charge in [0.25, 0.3) is 0 Å². The van der Waals surface area contributed by atoms with Crippen LogP contribution in [0.3, 0.4) is 0 Å². The number of aromatic nitrogens is 3. The Hall–Kier alpha value is -2.40. The van der Waals surface area contributed by atoms with Crippen LogP contribution >= 0.6 is 11.6 Å². The van der Waals surface area contributed by atoms with Gasteiger partial charge in [0.05, 0.1) is 0 Å². The van der Waals surface area contributed by atoms with Crippen LogP contribution in [0.25, 0.3) is 11.2 Å². The van der Waals surface area contributed by atoms with Gasteiger partial charge >= 0.3 is 5.97 Å². The minimum absolute atomic E-state index is 0.157. The third-order valence-electron chi connectivity index (χ3n) is 3.37. The summed E-state index contributed by atoms with van der Waals surface area (Å²) in [5.74, 6) is -0.239. The quantitative estimate of drug-likeness (QED) is 0.803. The molecule has 112 valence electrons. The van der Waals surface area contributed by atoms with Crippen LogP contribution in [0.2, 0.25) is 5.02 Å². The van der Waals surface area contributed by atoms with E-state index < -0.39 is 5.97 Å². The molecule has 0 saturated carbocycles. The molecule has 5 nitrogen and oxygen atoms in total. The van der Waals surface area contributed by atoms with Crippen LogP contribution in [0.5, 0.6) is 0 Å². The maximum atomic E-state index is 11.1. The normalized spacial score (nSPS) is 11.0. The molecule has 0 atom stereocenters. The van der Waals surface area contributed by atoms with E-state index in [4.69, 9.17) is 16.7 Å². The predicted molar refractivity (Wildman–Crippen MR) is 84.2 cm³/mol. The summed E-state index contributed by atoms with van der Waals surface area (Å²) < 4.78 is 1.64. The van der Waals surface area contributed by atoms with E-state index in [1.807, 2.05) is 37.3 Å². The number of pyridine rings is 1. The lowest BCUT2D eigenvalue weighted by atomic mass is 10.1. The van der Waals surface area contributed by atoms with Crippen LogP contribution in [-0.2, 0) is 17.8 Å². The molecule has 2 heterocycles. The van der Waals surface area contributed by atoms with E-state index in [0.29, 0.717) is 28.4 Å². The van der Waals surface area contributed by atoms with Gasteiger partial charge in [0, 0.05) is 17.6 Å². The summed E-state index contributed by atoms with van der Waals surface area (Å²) in [6, 6.07) is 9.34. The highest BCUT2D eigenvalue weighted by atomic mass is 35.5. The summed E-state index contributed by atoms with van der Waals surface area (Å²) >= 11 is 5.89. The molecule has 6 heteroatoms. The molecule has 0 unspecified atom stereocenters. The summed E-state index contributed by atoms with van der Waals surface area (Å²) in [5, 5.41) is 9.80. The van der Waals surface area contributed by atoms with Crippen molar-refractivity contribution in [3.8, 4) is 0 Å². The average molecular weight is 316 g/mol. The molecular formula is C16H14ClN3O2. The Kier molecular flexibility index (Phi) is 3.81. The fourth-order valence-electron chi connectivity index (χ4n) is 2.38. The SMILES string of the molecule is Cc1cnc2c(c1)nc(Cc1ccc(Cl)cc1)n2CC(=O)O. The third kappa shape index (κ3) is 2.94. The molecule has 0 spiro atoms. The fraction of sp³-hybridized carbons (Fsp3) is 0.188. The largest absolute Gasteiger partial charge is 0.480 e. The molecule has 3 aromatic rings. The van der Waals surface area contributed by atoms with Crippen molar-refractivity contribution in [1.29, 1.82) is 0 Å². The second-order valence-electron chi connectivity index (χ2n) is 5.17. The first-order chi connectivity index (χ1) is 10.5. The number of carboxylic acids is 1. The first-order valence-corrected chi connectivity index (χ1v) is 7.19. The van der Waals surface area contributed by atoms with Gasteiger partial charge in [-0.3, -0.25) is 4.79 Å². The van der Waals surface area contributed by atoms with Gasteiger partial charge in [-0.15, -0.1) is 0 Å². The van der Waals surface area contributed by atoms with Crippen molar-refractivity contribution in [2.24, 2.45) is 0 Å². The Bertz CT molecular complexity index is 840. The minimum Gasteiger partial charge on any atom is -0.480 e. The molecule has 0 radical (unpaired) electrons. The van der Waals surface area contributed by atoms with E-state index in [1.165, 1.54) is 0 Å². The molecule has 0 saturated heterocycles. The molecule has 1 N–H and O–H groups in total. The summed E-state index contributed by atoms with van der Waals surface area (Å²) in [6.07, 6.45) is 2.24. The smallest absolute Gasteiger partial charge is 0.323 e. The van der Waals surface area contributed by atoms with Crippen molar-refractivity contribution in [2.75, 3.05) is 0 Å². The second-order valence-corrected chi connectivity index (χ2v) is 5.60. The van der Waals surface area contributed by atoms with Gasteiger partial charge in [-0.2, -0.15) is 0 Å². The maximum Gasteiger partial charge on any atom is 0.323 e. The summed E-state index contributed by atoms with van der Waals surface area (Å²) in [6.45, 7) is 1.77.